The van der Waals surface area contributed by atoms with E-state index in [0.29, 0.717) is 0 Å². The minimum absolute atomic E-state index is 0. The molecule has 0 rings (SSSR count). The number of rotatable bonds is 0. The Bertz CT molecular complexity index is 213. The second-order valence-corrected chi connectivity index (χ2v) is 2.51. The summed E-state index contributed by atoms with van der Waals surface area (Å²) in [6.07, 6.45) is 0. The van der Waals surface area contributed by atoms with Gasteiger partial charge in [0.05, 0.1) is 0 Å². The van der Waals surface area contributed by atoms with Crippen molar-refractivity contribution in [3.8, 4) is 0 Å². The summed E-state index contributed by atoms with van der Waals surface area (Å²) in [5.41, 5.74) is 0. The summed E-state index contributed by atoms with van der Waals surface area (Å²) in [6, 6.07) is 0. The number of hydrogen-bond donors (Lipinski definition) is 1. The van der Waals surface area contributed by atoms with Crippen molar-refractivity contribution in [2.24, 2.45) is 0 Å². The van der Waals surface area contributed by atoms with E-state index >= 15 is 0 Å². The van der Waals surface area contributed by atoms with Crippen molar-refractivity contribution < 1.29 is 57.4 Å². The summed E-state index contributed by atoms with van der Waals surface area (Å²) >= 11 is 0. The fourth-order valence-corrected chi connectivity index (χ4v) is 0. The Labute approximate surface area is 125 Å². The first-order chi connectivity index (χ1) is 4.00. The largest absolute Gasteiger partial charge is 2.00 e. The van der Waals surface area contributed by atoms with Crippen LogP contribution in [0.15, 0.2) is 0 Å². The molecule has 0 saturated carbocycles. The third-order valence-corrected chi connectivity index (χ3v) is 0. The second-order valence-electron chi connectivity index (χ2n) is 0.836. The van der Waals surface area contributed by atoms with Gasteiger partial charge in [0.25, 0.3) is 0 Å². The van der Waals surface area contributed by atoms with Crippen LogP contribution in [0, 0.1) is 0 Å². The molecule has 0 aromatic heterocycles. The zero-order chi connectivity index (χ0) is 9.00. The minimum Gasteiger partial charge on any atom is -0.759 e. The van der Waals surface area contributed by atoms with E-state index in [9.17, 15) is 0 Å². The minimum atomic E-state index is -5.17. The molecule has 74 valence electrons. The van der Waals surface area contributed by atoms with Crippen LogP contribution >= 0.6 is 0 Å². The SMILES string of the molecule is O=S(=O)([O-])O.O=S(=O)([O-])[O-].[Ag+].[Ba+2]. The van der Waals surface area contributed by atoms with Gasteiger partial charge >= 0.3 is 71.3 Å². The Kier molecular flexibility index (Phi) is 19.0. The Morgan fingerprint density at radius 2 is 0.917 bits per heavy atom. The van der Waals surface area contributed by atoms with Gasteiger partial charge in [-0.15, -0.1) is 0 Å². The van der Waals surface area contributed by atoms with E-state index < -0.39 is 20.8 Å². The normalized spacial score (nSPS) is 9.67. The van der Waals surface area contributed by atoms with Gasteiger partial charge in [0.2, 0.25) is 10.4 Å². The van der Waals surface area contributed by atoms with Crippen LogP contribution in [0.25, 0.3) is 0 Å². The molecule has 0 aliphatic rings. The molecule has 0 fully saturated rings. The van der Waals surface area contributed by atoms with E-state index in [1.54, 1.807) is 0 Å². The van der Waals surface area contributed by atoms with Gasteiger partial charge in [-0.05, 0) is 0 Å². The molecular weight excluding hydrogens is 437 g/mol. The predicted molar refractivity (Wildman–Crippen MR) is 28.6 cm³/mol. The Hall–Kier alpha value is 2.05. The first kappa shape index (κ1) is 23.7. The molecule has 0 radical (unpaired) electrons. The van der Waals surface area contributed by atoms with Crippen LogP contribution in [0.3, 0.4) is 0 Å². The van der Waals surface area contributed by atoms with Gasteiger partial charge in [0.15, 0.2) is 0 Å². The summed E-state index contributed by atoms with van der Waals surface area (Å²) < 4.78 is 66.9. The maximum Gasteiger partial charge on any atom is 2.00 e. The monoisotopic (exact) mass is 438 g/mol. The van der Waals surface area contributed by atoms with Gasteiger partial charge in [-0.25, -0.2) is 8.42 Å². The van der Waals surface area contributed by atoms with Gasteiger partial charge in [-0.2, -0.15) is 0 Å². The van der Waals surface area contributed by atoms with Crippen LogP contribution in [0.4, 0.5) is 0 Å². The van der Waals surface area contributed by atoms with Crippen LogP contribution in [0.2, 0.25) is 0 Å². The van der Waals surface area contributed by atoms with Gasteiger partial charge in [0, 0.05) is 10.4 Å². The molecule has 0 bridgehead atoms. The third-order valence-electron chi connectivity index (χ3n) is 0. The molecule has 0 aliphatic heterocycles. The maximum atomic E-state index is 8.63. The van der Waals surface area contributed by atoms with E-state index in [4.69, 9.17) is 35.0 Å². The van der Waals surface area contributed by atoms with Crippen LogP contribution in [-0.2, 0) is 43.2 Å². The van der Waals surface area contributed by atoms with E-state index in [1.165, 1.54) is 0 Å². The van der Waals surface area contributed by atoms with Crippen molar-refractivity contribution in [2.45, 2.75) is 0 Å². The van der Waals surface area contributed by atoms with Crippen molar-refractivity contribution >= 4 is 69.7 Å². The summed E-state index contributed by atoms with van der Waals surface area (Å²) in [6.45, 7) is 0. The topological polar surface area (TPSA) is 158 Å². The Balaban J connectivity index is -0.0000000457. The van der Waals surface area contributed by atoms with Crippen LogP contribution < -0.4 is 0 Å². The zero-order valence-corrected chi connectivity index (χ0v) is 12.7. The van der Waals surface area contributed by atoms with E-state index in [2.05, 4.69) is 0 Å². The maximum absolute atomic E-state index is 8.63. The van der Waals surface area contributed by atoms with Gasteiger partial charge in [-0.3, -0.25) is 13.0 Å². The second kappa shape index (κ2) is 9.60. The molecule has 0 atom stereocenters. The summed E-state index contributed by atoms with van der Waals surface area (Å²) in [7, 11) is -10.1. The average Bonchev–Trinajstić information content (AvgIpc) is 1.12. The van der Waals surface area contributed by atoms with Gasteiger partial charge < -0.3 is 13.7 Å². The Morgan fingerprint density at radius 1 is 0.917 bits per heavy atom. The van der Waals surface area contributed by atoms with Crippen molar-refractivity contribution in [1.82, 2.24) is 0 Å². The quantitative estimate of drug-likeness (QED) is 0.243. The molecule has 0 aromatic rings. The molecule has 0 saturated heterocycles. The molecule has 0 heterocycles. The van der Waals surface area contributed by atoms with E-state index in [1.807, 2.05) is 0 Å². The van der Waals surface area contributed by atoms with Crippen LogP contribution in [0.5, 0.6) is 0 Å². The Morgan fingerprint density at radius 3 is 0.917 bits per heavy atom. The fraction of sp³-hybridized carbons (Fsp3) is 0. The van der Waals surface area contributed by atoms with Crippen LogP contribution in [-0.4, -0.2) is 83.9 Å². The van der Waals surface area contributed by atoms with E-state index in [0.717, 1.165) is 0 Å². The smallest absolute Gasteiger partial charge is 0.759 e. The first-order valence-electron chi connectivity index (χ1n) is 1.35. The average molecular weight is 438 g/mol. The fourth-order valence-electron chi connectivity index (χ4n) is 0. The standard InChI is InChI=1S/Ag.Ba.2H2O4S/c;;2*1-5(2,3)4/h;;2*(H2,1,2,3,4)/q+1;+2;;/p-3. The molecule has 12 heteroatoms. The zero-order valence-electron chi connectivity index (χ0n) is 5.13. The molecule has 1 N–H and O–H groups in total. The molecule has 0 aromatic carbocycles. The molecule has 12 heavy (non-hydrogen) atoms. The molecule has 0 unspecified atom stereocenters. The summed E-state index contributed by atoms with van der Waals surface area (Å²) in [5.74, 6) is 0. The summed E-state index contributed by atoms with van der Waals surface area (Å²) in [4.78, 5) is 0. The molecular formula is HAgBaO8S2. The molecule has 8 nitrogen and oxygen atoms in total. The summed E-state index contributed by atoms with van der Waals surface area (Å²) in [5, 5.41) is 0. The number of hydrogen-bond acceptors (Lipinski definition) is 7. The van der Waals surface area contributed by atoms with Crippen molar-refractivity contribution in [3.63, 3.8) is 0 Å². The predicted octanol–water partition coefficient (Wildman–Crippen LogP) is -2.72. The molecule has 0 amide bonds. The van der Waals surface area contributed by atoms with Gasteiger partial charge in [0.1, 0.15) is 0 Å². The van der Waals surface area contributed by atoms with Crippen molar-refractivity contribution in [2.75, 3.05) is 0 Å². The van der Waals surface area contributed by atoms with Crippen molar-refractivity contribution in [1.29, 1.82) is 0 Å². The van der Waals surface area contributed by atoms with Gasteiger partial charge in [-0.1, -0.05) is 0 Å². The van der Waals surface area contributed by atoms with Crippen LogP contribution in [0.1, 0.15) is 0 Å². The van der Waals surface area contributed by atoms with E-state index in [-0.39, 0.29) is 71.3 Å². The first-order valence-corrected chi connectivity index (χ1v) is 4.05. The molecule has 0 spiro atoms. The third kappa shape index (κ3) is 350. The molecule has 0 aliphatic carbocycles. The van der Waals surface area contributed by atoms with Crippen molar-refractivity contribution in [3.05, 3.63) is 0 Å².